The molecule has 9 heteroatoms. The number of rotatable bonds is 5. The maximum atomic E-state index is 14.4. The van der Waals surface area contributed by atoms with E-state index in [9.17, 15) is 18.0 Å². The molecule has 6 nitrogen and oxygen atoms in total. The first-order valence-electron chi connectivity index (χ1n) is 8.49. The number of anilines is 1. The van der Waals surface area contributed by atoms with E-state index in [2.05, 4.69) is 15.5 Å². The molecule has 1 fully saturated rings. The van der Waals surface area contributed by atoms with Crippen LogP contribution < -0.4 is 5.32 Å². The summed E-state index contributed by atoms with van der Waals surface area (Å²) in [4.78, 5) is 13.1. The lowest BCUT2D eigenvalue weighted by Crippen LogP contribution is -2.52. The van der Waals surface area contributed by atoms with Crippen molar-refractivity contribution in [1.29, 1.82) is 0 Å². The van der Waals surface area contributed by atoms with E-state index < -0.39 is 30.3 Å². The van der Waals surface area contributed by atoms with E-state index in [0.29, 0.717) is 11.4 Å². The zero-order chi connectivity index (χ0) is 19.3. The highest BCUT2D eigenvalue weighted by molar-refractivity contribution is 5.68. The molecule has 1 atom stereocenters. The van der Waals surface area contributed by atoms with Gasteiger partial charge in [-0.25, -0.2) is 18.0 Å². The van der Waals surface area contributed by atoms with Gasteiger partial charge in [0, 0.05) is 25.2 Å². The Balaban J connectivity index is 1.49. The molecule has 27 heavy (non-hydrogen) atoms. The van der Waals surface area contributed by atoms with Crippen LogP contribution in [0.3, 0.4) is 0 Å². The number of halogens is 3. The molecule has 1 aliphatic rings. The summed E-state index contributed by atoms with van der Waals surface area (Å²) in [7, 11) is 0. The summed E-state index contributed by atoms with van der Waals surface area (Å²) in [5, 5.41) is 10.3. The fourth-order valence-corrected chi connectivity index (χ4v) is 2.83. The standard InChI is InChI=1S/C18H19F3N4O2/c19-15-5-3-13(4-6-15)11-27-17(26)25-9-7-14(18(20,21)12-25)10-22-16-2-1-8-23-24-16/h1-6,8,14H,7,9-12H2,(H,22,24)/t14-/m0/s1. The van der Waals surface area contributed by atoms with Crippen LogP contribution in [0.2, 0.25) is 0 Å². The minimum Gasteiger partial charge on any atom is -0.445 e. The molecule has 144 valence electrons. The summed E-state index contributed by atoms with van der Waals surface area (Å²) in [6.45, 7) is -0.601. The second kappa shape index (κ2) is 8.24. The summed E-state index contributed by atoms with van der Waals surface area (Å²) >= 11 is 0. The van der Waals surface area contributed by atoms with E-state index in [0.717, 1.165) is 4.90 Å². The average Bonchev–Trinajstić information content (AvgIpc) is 2.66. The molecule has 1 aromatic heterocycles. The van der Waals surface area contributed by atoms with Crippen LogP contribution in [-0.2, 0) is 11.3 Å². The van der Waals surface area contributed by atoms with Crippen LogP contribution in [0.5, 0.6) is 0 Å². The van der Waals surface area contributed by atoms with E-state index in [1.54, 1.807) is 12.1 Å². The van der Waals surface area contributed by atoms with Gasteiger partial charge >= 0.3 is 6.09 Å². The molecule has 0 aliphatic carbocycles. The molecule has 0 bridgehead atoms. The smallest absolute Gasteiger partial charge is 0.410 e. The Morgan fingerprint density at radius 2 is 2.07 bits per heavy atom. The molecule has 1 amide bonds. The highest BCUT2D eigenvalue weighted by atomic mass is 19.3. The number of ether oxygens (including phenoxy) is 1. The third-order valence-electron chi connectivity index (χ3n) is 4.38. The lowest BCUT2D eigenvalue weighted by molar-refractivity contribution is -0.101. The van der Waals surface area contributed by atoms with Gasteiger partial charge < -0.3 is 15.0 Å². The number of benzene rings is 1. The normalized spacial score (nSPS) is 18.8. The summed E-state index contributed by atoms with van der Waals surface area (Å²) < 4.78 is 46.8. The summed E-state index contributed by atoms with van der Waals surface area (Å²) in [5.41, 5.74) is 0.583. The van der Waals surface area contributed by atoms with E-state index in [1.165, 1.54) is 30.5 Å². The zero-order valence-electron chi connectivity index (χ0n) is 14.4. The lowest BCUT2D eigenvalue weighted by atomic mass is 9.93. The van der Waals surface area contributed by atoms with Crippen molar-refractivity contribution in [2.24, 2.45) is 5.92 Å². The minimum absolute atomic E-state index is 0.0319. The van der Waals surface area contributed by atoms with Gasteiger partial charge in [0.25, 0.3) is 5.92 Å². The predicted molar refractivity (Wildman–Crippen MR) is 91.7 cm³/mol. The van der Waals surface area contributed by atoms with Crippen LogP contribution in [0.15, 0.2) is 42.6 Å². The van der Waals surface area contributed by atoms with Crippen molar-refractivity contribution in [2.45, 2.75) is 19.0 Å². The number of alkyl halides is 2. The minimum atomic E-state index is -3.05. The molecule has 0 spiro atoms. The Bertz CT molecular complexity index is 759. The number of hydrogen-bond donors (Lipinski definition) is 1. The second-order valence-corrected chi connectivity index (χ2v) is 6.34. The van der Waals surface area contributed by atoms with Crippen LogP contribution >= 0.6 is 0 Å². The molecule has 0 radical (unpaired) electrons. The molecule has 1 aliphatic heterocycles. The number of hydrogen-bond acceptors (Lipinski definition) is 5. The van der Waals surface area contributed by atoms with Crippen LogP contribution in [0.4, 0.5) is 23.8 Å². The van der Waals surface area contributed by atoms with Crippen molar-refractivity contribution in [3.05, 3.63) is 54.0 Å². The third kappa shape index (κ3) is 5.08. The maximum absolute atomic E-state index is 14.4. The molecule has 1 N–H and O–H groups in total. The molecule has 3 rings (SSSR count). The van der Waals surface area contributed by atoms with Crippen LogP contribution in [0.1, 0.15) is 12.0 Å². The SMILES string of the molecule is O=C(OCc1ccc(F)cc1)N1CC[C@@H](CNc2cccnn2)C(F)(F)C1. The maximum Gasteiger partial charge on any atom is 0.410 e. The van der Waals surface area contributed by atoms with Gasteiger partial charge in [-0.3, -0.25) is 0 Å². The molecule has 0 saturated carbocycles. The number of piperidine rings is 1. The fraction of sp³-hybridized carbons (Fsp3) is 0.389. The monoisotopic (exact) mass is 380 g/mol. The van der Waals surface area contributed by atoms with Gasteiger partial charge in [-0.2, -0.15) is 5.10 Å². The van der Waals surface area contributed by atoms with Crippen LogP contribution in [-0.4, -0.2) is 46.7 Å². The van der Waals surface area contributed by atoms with E-state index in [4.69, 9.17) is 4.74 Å². The molecular formula is C18H19F3N4O2. The van der Waals surface area contributed by atoms with Crippen molar-refractivity contribution in [1.82, 2.24) is 15.1 Å². The van der Waals surface area contributed by atoms with Crippen LogP contribution in [0.25, 0.3) is 0 Å². The fourth-order valence-electron chi connectivity index (χ4n) is 2.83. The molecule has 1 saturated heterocycles. The van der Waals surface area contributed by atoms with Gasteiger partial charge in [0.05, 0.1) is 6.54 Å². The predicted octanol–water partition coefficient (Wildman–Crippen LogP) is 3.32. The molecule has 2 aromatic rings. The van der Waals surface area contributed by atoms with Gasteiger partial charge in [0.2, 0.25) is 0 Å². The first-order chi connectivity index (χ1) is 12.9. The van der Waals surface area contributed by atoms with E-state index >= 15 is 0 Å². The summed E-state index contributed by atoms with van der Waals surface area (Å²) in [6, 6.07) is 8.74. The van der Waals surface area contributed by atoms with Crippen molar-refractivity contribution in [3.8, 4) is 0 Å². The summed E-state index contributed by atoms with van der Waals surface area (Å²) in [5.74, 6) is -3.96. The van der Waals surface area contributed by atoms with Gasteiger partial charge in [-0.15, -0.1) is 5.10 Å². The number of nitrogens with zero attached hydrogens (tertiary/aromatic N) is 3. The number of aromatic nitrogens is 2. The number of carbonyl (C=O) groups excluding carboxylic acids is 1. The van der Waals surface area contributed by atoms with Gasteiger partial charge in [0.1, 0.15) is 18.2 Å². The number of amides is 1. The Labute approximate surface area is 154 Å². The quantitative estimate of drug-likeness (QED) is 0.862. The Hall–Kier alpha value is -2.84. The van der Waals surface area contributed by atoms with Crippen molar-refractivity contribution in [3.63, 3.8) is 0 Å². The second-order valence-electron chi connectivity index (χ2n) is 6.34. The third-order valence-corrected chi connectivity index (χ3v) is 4.38. The molecule has 1 aromatic carbocycles. The van der Waals surface area contributed by atoms with Crippen molar-refractivity contribution < 1.29 is 22.7 Å². The Morgan fingerprint density at radius 3 is 2.74 bits per heavy atom. The molecular weight excluding hydrogens is 361 g/mol. The zero-order valence-corrected chi connectivity index (χ0v) is 14.4. The average molecular weight is 380 g/mol. The molecule has 2 heterocycles. The Kier molecular flexibility index (Phi) is 5.78. The lowest BCUT2D eigenvalue weighted by Gasteiger charge is -2.37. The molecule has 0 unspecified atom stereocenters. The number of nitrogens with one attached hydrogen (secondary N) is 1. The number of likely N-dealkylation sites (tertiary alicyclic amines) is 1. The highest BCUT2D eigenvalue weighted by Crippen LogP contribution is 2.33. The van der Waals surface area contributed by atoms with Crippen LogP contribution in [0, 0.1) is 11.7 Å². The number of carbonyl (C=O) groups is 1. The van der Waals surface area contributed by atoms with Gasteiger partial charge in [-0.05, 0) is 36.2 Å². The van der Waals surface area contributed by atoms with Gasteiger partial charge in [0.15, 0.2) is 0 Å². The Morgan fingerprint density at radius 1 is 1.30 bits per heavy atom. The van der Waals surface area contributed by atoms with E-state index in [-0.39, 0.29) is 26.1 Å². The largest absolute Gasteiger partial charge is 0.445 e. The topological polar surface area (TPSA) is 67.3 Å². The highest BCUT2D eigenvalue weighted by Gasteiger charge is 2.46. The first-order valence-corrected chi connectivity index (χ1v) is 8.49. The van der Waals surface area contributed by atoms with Crippen molar-refractivity contribution >= 4 is 11.9 Å². The first kappa shape index (κ1) is 18.9. The van der Waals surface area contributed by atoms with Crippen molar-refractivity contribution in [2.75, 3.05) is 25.0 Å². The summed E-state index contributed by atoms with van der Waals surface area (Å²) in [6.07, 6.45) is 0.821. The van der Waals surface area contributed by atoms with Gasteiger partial charge in [-0.1, -0.05) is 12.1 Å². The van der Waals surface area contributed by atoms with E-state index in [1.807, 2.05) is 0 Å².